The summed E-state index contributed by atoms with van der Waals surface area (Å²) >= 11 is 0. The highest BCUT2D eigenvalue weighted by molar-refractivity contribution is 7.89. The van der Waals surface area contributed by atoms with Gasteiger partial charge in [-0.2, -0.15) is 4.72 Å². The minimum atomic E-state index is -3.96. The molecule has 9 nitrogen and oxygen atoms in total. The maximum atomic E-state index is 12.5. The van der Waals surface area contributed by atoms with E-state index in [4.69, 9.17) is 10.1 Å². The predicted octanol–water partition coefficient (Wildman–Crippen LogP) is 1.87. The van der Waals surface area contributed by atoms with Crippen molar-refractivity contribution >= 4 is 27.6 Å². The van der Waals surface area contributed by atoms with Crippen molar-refractivity contribution in [3.8, 4) is 5.75 Å². The van der Waals surface area contributed by atoms with Crippen LogP contribution in [0.4, 0.5) is 0 Å². The Kier molecular flexibility index (Phi) is 9.36. The van der Waals surface area contributed by atoms with Crippen LogP contribution in [-0.2, 0) is 24.3 Å². The second kappa shape index (κ2) is 12.0. The molecule has 1 atom stereocenters. The molecule has 0 fully saturated rings. The van der Waals surface area contributed by atoms with Gasteiger partial charge in [0, 0.05) is 18.7 Å². The Labute approximate surface area is 187 Å². The number of nitrogens with one attached hydrogen (secondary N) is 3. The molecule has 2 rings (SSSR count). The van der Waals surface area contributed by atoms with Gasteiger partial charge >= 0.3 is 5.97 Å². The zero-order valence-corrected chi connectivity index (χ0v) is 18.8. The fraction of sp³-hybridized carbons (Fsp3) is 0.318. The van der Waals surface area contributed by atoms with Gasteiger partial charge in [0.15, 0.2) is 0 Å². The summed E-state index contributed by atoms with van der Waals surface area (Å²) in [4.78, 5) is 24.1. The van der Waals surface area contributed by atoms with Gasteiger partial charge < -0.3 is 20.2 Å². The van der Waals surface area contributed by atoms with E-state index in [-0.39, 0.29) is 23.8 Å². The Hall–Kier alpha value is -3.24. The lowest BCUT2D eigenvalue weighted by Crippen LogP contribution is -2.48. The van der Waals surface area contributed by atoms with Crippen LogP contribution in [0.15, 0.2) is 59.5 Å². The van der Waals surface area contributed by atoms with Crippen molar-refractivity contribution in [2.75, 3.05) is 20.3 Å². The minimum Gasteiger partial charge on any atom is -0.494 e. The van der Waals surface area contributed by atoms with Crippen LogP contribution in [0.25, 0.3) is 0 Å². The van der Waals surface area contributed by atoms with Crippen molar-refractivity contribution in [3.63, 3.8) is 0 Å². The number of esters is 1. The molecule has 2 aromatic carbocycles. The second-order valence-corrected chi connectivity index (χ2v) is 8.63. The van der Waals surface area contributed by atoms with E-state index in [1.54, 1.807) is 49.4 Å². The molecule has 2 aromatic rings. The van der Waals surface area contributed by atoms with Gasteiger partial charge in [0.05, 0.1) is 18.6 Å². The van der Waals surface area contributed by atoms with E-state index in [9.17, 15) is 18.0 Å². The van der Waals surface area contributed by atoms with E-state index >= 15 is 0 Å². The molecular formula is C22H27N3O6S. The topological polar surface area (TPSA) is 135 Å². The summed E-state index contributed by atoms with van der Waals surface area (Å²) in [6, 6.07) is 13.4. The molecular weight excluding hydrogens is 434 g/mol. The van der Waals surface area contributed by atoms with E-state index in [0.717, 1.165) is 12.7 Å². The monoisotopic (exact) mass is 461 g/mol. The maximum Gasteiger partial charge on any atom is 0.325 e. The Morgan fingerprint density at radius 2 is 1.72 bits per heavy atom. The average molecular weight is 462 g/mol. The van der Waals surface area contributed by atoms with Crippen LogP contribution in [0.5, 0.6) is 5.75 Å². The van der Waals surface area contributed by atoms with E-state index in [2.05, 4.69) is 14.8 Å². The highest BCUT2D eigenvalue weighted by Crippen LogP contribution is 2.13. The minimum absolute atomic E-state index is 0.00110. The Balaban J connectivity index is 1.80. The molecule has 0 spiro atoms. The van der Waals surface area contributed by atoms with Gasteiger partial charge in [-0.05, 0) is 55.3 Å². The summed E-state index contributed by atoms with van der Waals surface area (Å²) in [7, 11) is -2.82. The van der Waals surface area contributed by atoms with Gasteiger partial charge in [-0.3, -0.25) is 9.59 Å². The van der Waals surface area contributed by atoms with Crippen molar-refractivity contribution < 1.29 is 27.5 Å². The number of sulfonamides is 1. The first-order valence-corrected chi connectivity index (χ1v) is 11.4. The molecule has 0 radical (unpaired) electrons. The van der Waals surface area contributed by atoms with Crippen LogP contribution in [0.3, 0.4) is 0 Å². The molecule has 3 N–H and O–H groups in total. The van der Waals surface area contributed by atoms with E-state index in [1.807, 2.05) is 0 Å². The maximum absolute atomic E-state index is 12.5. The first-order chi connectivity index (χ1) is 15.2. The molecule has 0 saturated carbocycles. The Morgan fingerprint density at radius 3 is 2.31 bits per heavy atom. The van der Waals surface area contributed by atoms with Crippen LogP contribution in [0.2, 0.25) is 0 Å². The van der Waals surface area contributed by atoms with Crippen molar-refractivity contribution in [2.45, 2.75) is 30.7 Å². The number of rotatable bonds is 12. The van der Waals surface area contributed by atoms with E-state index in [1.165, 1.54) is 12.1 Å². The standard InChI is InChI=1S/C22H27N3O6S/c1-16(23)17-10-12-18(13-11-17)31-14-6-9-21(26)24-15-20(22(27)30-2)25-32(28,29)19-7-4-3-5-8-19/h3-5,7-8,10-13,20,23,25H,6,9,14-15H2,1-2H3,(H,24,26). The first-order valence-electron chi connectivity index (χ1n) is 9.93. The van der Waals surface area contributed by atoms with Crippen LogP contribution < -0.4 is 14.8 Å². The molecule has 172 valence electrons. The molecule has 1 unspecified atom stereocenters. The lowest BCUT2D eigenvalue weighted by molar-refractivity contribution is -0.142. The van der Waals surface area contributed by atoms with Crippen molar-refractivity contribution in [1.82, 2.24) is 10.0 Å². The number of ether oxygens (including phenoxy) is 2. The van der Waals surface area contributed by atoms with E-state index < -0.39 is 22.0 Å². The Bertz CT molecular complexity index is 1020. The summed E-state index contributed by atoms with van der Waals surface area (Å²) in [6.07, 6.45) is 0.562. The molecule has 0 heterocycles. The van der Waals surface area contributed by atoms with Crippen molar-refractivity contribution in [3.05, 3.63) is 60.2 Å². The SMILES string of the molecule is COC(=O)C(CNC(=O)CCCOc1ccc(C(C)=N)cc1)NS(=O)(=O)c1ccccc1. The highest BCUT2D eigenvalue weighted by Gasteiger charge is 2.26. The molecule has 1 amide bonds. The predicted molar refractivity (Wildman–Crippen MR) is 119 cm³/mol. The lowest BCUT2D eigenvalue weighted by atomic mass is 10.1. The number of amides is 1. The first kappa shape index (κ1) is 25.0. The second-order valence-electron chi connectivity index (χ2n) is 6.92. The number of benzene rings is 2. The fourth-order valence-electron chi connectivity index (χ4n) is 2.70. The number of hydrogen-bond donors (Lipinski definition) is 3. The summed E-state index contributed by atoms with van der Waals surface area (Å²) in [5, 5.41) is 10.1. The fourth-order valence-corrected chi connectivity index (χ4v) is 3.90. The molecule has 0 aliphatic rings. The molecule has 0 aliphatic carbocycles. The molecule has 32 heavy (non-hydrogen) atoms. The summed E-state index contributed by atoms with van der Waals surface area (Å²) in [5.74, 6) is -0.524. The largest absolute Gasteiger partial charge is 0.494 e. The lowest BCUT2D eigenvalue weighted by Gasteiger charge is -2.17. The van der Waals surface area contributed by atoms with Crippen LogP contribution >= 0.6 is 0 Å². The Morgan fingerprint density at radius 1 is 1.06 bits per heavy atom. The van der Waals surface area contributed by atoms with E-state index in [0.29, 0.717) is 24.5 Å². The van der Waals surface area contributed by atoms with Gasteiger partial charge in [-0.1, -0.05) is 18.2 Å². The van der Waals surface area contributed by atoms with Gasteiger partial charge in [0.25, 0.3) is 0 Å². The summed E-state index contributed by atoms with van der Waals surface area (Å²) < 4.78 is 37.4. The highest BCUT2D eigenvalue weighted by atomic mass is 32.2. The third-order valence-electron chi connectivity index (χ3n) is 4.44. The van der Waals surface area contributed by atoms with Crippen molar-refractivity contribution in [2.24, 2.45) is 0 Å². The number of carbonyl (C=O) groups excluding carboxylic acids is 2. The normalized spacial score (nSPS) is 11.9. The van der Waals surface area contributed by atoms with Crippen molar-refractivity contribution in [1.29, 1.82) is 5.41 Å². The summed E-state index contributed by atoms with van der Waals surface area (Å²) in [6.45, 7) is 1.76. The molecule has 0 aromatic heterocycles. The average Bonchev–Trinajstić information content (AvgIpc) is 2.79. The number of hydrogen-bond acceptors (Lipinski definition) is 7. The quantitative estimate of drug-likeness (QED) is 0.251. The molecule has 0 bridgehead atoms. The van der Waals surface area contributed by atoms with Crippen LogP contribution in [0, 0.1) is 5.41 Å². The van der Waals surface area contributed by atoms with Gasteiger partial charge in [0.2, 0.25) is 15.9 Å². The molecule has 10 heteroatoms. The summed E-state index contributed by atoms with van der Waals surface area (Å²) in [5.41, 5.74) is 1.27. The number of methoxy groups -OCH3 is 1. The number of carbonyl (C=O) groups is 2. The van der Waals surface area contributed by atoms with Crippen LogP contribution in [0.1, 0.15) is 25.3 Å². The smallest absolute Gasteiger partial charge is 0.325 e. The van der Waals surface area contributed by atoms with Gasteiger partial charge in [0.1, 0.15) is 11.8 Å². The van der Waals surface area contributed by atoms with Gasteiger partial charge in [-0.25, -0.2) is 8.42 Å². The molecule has 0 saturated heterocycles. The zero-order valence-electron chi connectivity index (χ0n) is 18.0. The van der Waals surface area contributed by atoms with Gasteiger partial charge in [-0.15, -0.1) is 0 Å². The zero-order chi connectivity index (χ0) is 23.6. The third kappa shape index (κ3) is 7.78. The molecule has 0 aliphatic heterocycles. The third-order valence-corrected chi connectivity index (χ3v) is 5.93. The van der Waals surface area contributed by atoms with Crippen LogP contribution in [-0.4, -0.2) is 52.3 Å².